The molecule has 2 heterocycles. The van der Waals surface area contributed by atoms with E-state index in [1.807, 2.05) is 0 Å². The number of esters is 1. The number of rotatable bonds is 7. The summed E-state index contributed by atoms with van der Waals surface area (Å²) in [5.41, 5.74) is 0.603. The lowest BCUT2D eigenvalue weighted by Gasteiger charge is -2.11. The number of anilines is 1. The third-order valence-corrected chi connectivity index (χ3v) is 5.94. The first-order chi connectivity index (χ1) is 13.9. The van der Waals surface area contributed by atoms with E-state index in [1.54, 1.807) is 35.7 Å². The predicted octanol–water partition coefficient (Wildman–Crippen LogP) is 3.81. The monoisotopic (exact) mass is 449 g/mol. The minimum Gasteiger partial charge on any atom is -0.465 e. The average Bonchev–Trinajstić information content (AvgIpc) is 3.16. The van der Waals surface area contributed by atoms with Gasteiger partial charge in [0.15, 0.2) is 5.16 Å². The standard InChI is InChI=1S/C19H16ClN3O4S2/c1-3-7-23-17(25)12-5-4-11(20)9-14(12)22-19(23)29-10-15(24)21-13-6-8-28-16(13)18(26)27-2/h3-6,8-9H,1,7,10H2,2H3,(H,21,24). The Morgan fingerprint density at radius 2 is 2.21 bits per heavy atom. The molecule has 3 rings (SSSR count). The van der Waals surface area contributed by atoms with Crippen molar-refractivity contribution in [3.63, 3.8) is 0 Å². The highest BCUT2D eigenvalue weighted by Gasteiger charge is 2.17. The van der Waals surface area contributed by atoms with Crippen molar-refractivity contribution < 1.29 is 14.3 Å². The molecule has 29 heavy (non-hydrogen) atoms. The third-order valence-electron chi connectivity index (χ3n) is 3.84. The smallest absolute Gasteiger partial charge is 0.350 e. The largest absolute Gasteiger partial charge is 0.465 e. The van der Waals surface area contributed by atoms with Gasteiger partial charge in [0.2, 0.25) is 5.91 Å². The molecule has 0 saturated carbocycles. The molecule has 0 spiro atoms. The molecule has 0 atom stereocenters. The molecule has 10 heteroatoms. The van der Waals surface area contributed by atoms with Crippen LogP contribution in [0.3, 0.4) is 0 Å². The maximum absolute atomic E-state index is 12.8. The minimum absolute atomic E-state index is 0.00782. The molecule has 1 N–H and O–H groups in total. The Bertz CT molecular complexity index is 1160. The molecule has 0 saturated heterocycles. The lowest BCUT2D eigenvalue weighted by atomic mass is 10.2. The van der Waals surface area contributed by atoms with E-state index >= 15 is 0 Å². The van der Waals surface area contributed by atoms with Crippen molar-refractivity contribution in [3.8, 4) is 0 Å². The number of ether oxygens (including phenoxy) is 1. The summed E-state index contributed by atoms with van der Waals surface area (Å²) in [5, 5.41) is 5.64. The van der Waals surface area contributed by atoms with Gasteiger partial charge >= 0.3 is 5.97 Å². The summed E-state index contributed by atoms with van der Waals surface area (Å²) in [6.45, 7) is 3.93. The average molecular weight is 450 g/mol. The topological polar surface area (TPSA) is 90.3 Å². The number of allylic oxidation sites excluding steroid dienone is 1. The van der Waals surface area contributed by atoms with Crippen LogP contribution >= 0.6 is 34.7 Å². The number of amides is 1. The Morgan fingerprint density at radius 3 is 2.93 bits per heavy atom. The van der Waals surface area contributed by atoms with Crippen LogP contribution in [-0.2, 0) is 16.1 Å². The van der Waals surface area contributed by atoms with Gasteiger partial charge in [-0.05, 0) is 29.6 Å². The van der Waals surface area contributed by atoms with Gasteiger partial charge in [0.05, 0.1) is 29.5 Å². The van der Waals surface area contributed by atoms with Gasteiger partial charge in [0, 0.05) is 11.6 Å². The first-order valence-electron chi connectivity index (χ1n) is 8.34. The number of halogens is 1. The molecule has 0 radical (unpaired) electrons. The number of hydrogen-bond acceptors (Lipinski definition) is 7. The number of thiophene rings is 1. The minimum atomic E-state index is -0.518. The molecule has 1 aromatic carbocycles. The van der Waals surface area contributed by atoms with Gasteiger partial charge < -0.3 is 10.1 Å². The van der Waals surface area contributed by atoms with Gasteiger partial charge in [-0.2, -0.15) is 0 Å². The van der Waals surface area contributed by atoms with Crippen molar-refractivity contribution in [2.45, 2.75) is 11.7 Å². The highest BCUT2D eigenvalue weighted by Crippen LogP contribution is 2.24. The lowest BCUT2D eigenvalue weighted by Crippen LogP contribution is -2.24. The number of benzene rings is 1. The second-order valence-electron chi connectivity index (χ2n) is 5.75. The highest BCUT2D eigenvalue weighted by molar-refractivity contribution is 7.99. The van der Waals surface area contributed by atoms with E-state index < -0.39 is 5.97 Å². The Balaban J connectivity index is 1.82. The van der Waals surface area contributed by atoms with Gasteiger partial charge in [-0.25, -0.2) is 9.78 Å². The van der Waals surface area contributed by atoms with Crippen molar-refractivity contribution in [1.29, 1.82) is 0 Å². The van der Waals surface area contributed by atoms with Gasteiger partial charge in [-0.1, -0.05) is 29.4 Å². The molecule has 0 aliphatic carbocycles. The SMILES string of the molecule is C=CCn1c(SCC(=O)Nc2ccsc2C(=O)OC)nc2cc(Cl)ccc2c1=O. The zero-order chi connectivity index (χ0) is 21.0. The van der Waals surface area contributed by atoms with E-state index in [0.29, 0.717) is 31.6 Å². The van der Waals surface area contributed by atoms with Gasteiger partial charge in [-0.3, -0.25) is 14.2 Å². The molecule has 0 unspecified atom stereocenters. The van der Waals surface area contributed by atoms with Crippen LogP contribution in [0.25, 0.3) is 10.9 Å². The van der Waals surface area contributed by atoms with E-state index in [-0.39, 0.29) is 23.8 Å². The fraction of sp³-hybridized carbons (Fsp3) is 0.158. The summed E-state index contributed by atoms with van der Waals surface area (Å²) >= 11 is 8.29. The van der Waals surface area contributed by atoms with Crippen LogP contribution in [0, 0.1) is 0 Å². The number of nitrogens with zero attached hydrogens (tertiary/aromatic N) is 2. The molecule has 150 valence electrons. The second-order valence-corrected chi connectivity index (χ2v) is 8.05. The first kappa shape index (κ1) is 21.1. The van der Waals surface area contributed by atoms with Crippen LogP contribution in [0.4, 0.5) is 5.69 Å². The van der Waals surface area contributed by atoms with Gasteiger partial charge in [0.25, 0.3) is 5.56 Å². The maximum atomic E-state index is 12.8. The zero-order valence-corrected chi connectivity index (χ0v) is 17.7. The van der Waals surface area contributed by atoms with Crippen molar-refractivity contribution in [1.82, 2.24) is 9.55 Å². The summed E-state index contributed by atoms with van der Waals surface area (Å²) in [6, 6.07) is 6.49. The van der Waals surface area contributed by atoms with Crippen molar-refractivity contribution in [3.05, 3.63) is 62.6 Å². The normalized spacial score (nSPS) is 10.7. The van der Waals surface area contributed by atoms with E-state index in [9.17, 15) is 14.4 Å². The number of aromatic nitrogens is 2. The molecule has 7 nitrogen and oxygen atoms in total. The molecule has 3 aromatic rings. The van der Waals surface area contributed by atoms with E-state index in [4.69, 9.17) is 16.3 Å². The van der Waals surface area contributed by atoms with Crippen LogP contribution in [0.1, 0.15) is 9.67 Å². The van der Waals surface area contributed by atoms with Crippen LogP contribution in [0.2, 0.25) is 5.02 Å². The summed E-state index contributed by atoms with van der Waals surface area (Å²) in [7, 11) is 1.28. The number of fused-ring (bicyclic) bond motifs is 1. The van der Waals surface area contributed by atoms with E-state index in [2.05, 4.69) is 16.9 Å². The number of nitrogens with one attached hydrogen (secondary N) is 1. The molecule has 1 amide bonds. The lowest BCUT2D eigenvalue weighted by molar-refractivity contribution is -0.113. The van der Waals surface area contributed by atoms with E-state index in [1.165, 1.54) is 23.0 Å². The Hall–Kier alpha value is -2.62. The molecular weight excluding hydrogens is 434 g/mol. The second kappa shape index (κ2) is 9.25. The summed E-state index contributed by atoms with van der Waals surface area (Å²) in [4.78, 5) is 41.7. The summed E-state index contributed by atoms with van der Waals surface area (Å²) in [6.07, 6.45) is 1.59. The maximum Gasteiger partial charge on any atom is 0.350 e. The van der Waals surface area contributed by atoms with Crippen LogP contribution in [0.5, 0.6) is 0 Å². The number of thioether (sulfide) groups is 1. The summed E-state index contributed by atoms with van der Waals surface area (Å²) < 4.78 is 6.15. The fourth-order valence-electron chi connectivity index (χ4n) is 2.55. The molecule has 2 aromatic heterocycles. The van der Waals surface area contributed by atoms with Gasteiger partial charge in [-0.15, -0.1) is 17.9 Å². The number of hydrogen-bond donors (Lipinski definition) is 1. The molecular formula is C19H16ClN3O4S2. The van der Waals surface area contributed by atoms with Gasteiger partial charge in [0.1, 0.15) is 4.88 Å². The Kier molecular flexibility index (Phi) is 6.73. The number of methoxy groups -OCH3 is 1. The first-order valence-corrected chi connectivity index (χ1v) is 10.6. The van der Waals surface area contributed by atoms with Crippen molar-refractivity contribution in [2.75, 3.05) is 18.2 Å². The van der Waals surface area contributed by atoms with Crippen LogP contribution in [-0.4, -0.2) is 34.3 Å². The van der Waals surface area contributed by atoms with E-state index in [0.717, 1.165) is 11.8 Å². The van der Waals surface area contributed by atoms with Crippen molar-refractivity contribution >= 4 is 63.2 Å². The molecule has 0 aliphatic rings. The number of carbonyl (C=O) groups is 2. The van der Waals surface area contributed by atoms with Crippen LogP contribution < -0.4 is 10.9 Å². The molecule has 0 fully saturated rings. The molecule has 0 aliphatic heterocycles. The molecule has 0 bridgehead atoms. The third kappa shape index (κ3) is 4.69. The Labute approximate surface area is 179 Å². The highest BCUT2D eigenvalue weighted by atomic mass is 35.5. The predicted molar refractivity (Wildman–Crippen MR) is 116 cm³/mol. The number of carbonyl (C=O) groups excluding carboxylic acids is 2. The van der Waals surface area contributed by atoms with Crippen LogP contribution in [0.15, 0.2) is 52.3 Å². The quantitative estimate of drug-likeness (QED) is 0.255. The summed E-state index contributed by atoms with van der Waals surface area (Å²) in [5.74, 6) is -0.869. The zero-order valence-electron chi connectivity index (χ0n) is 15.3. The fourth-order valence-corrected chi connectivity index (χ4v) is 4.29. The Morgan fingerprint density at radius 1 is 1.41 bits per heavy atom. The van der Waals surface area contributed by atoms with Crippen molar-refractivity contribution in [2.24, 2.45) is 0 Å².